The van der Waals surface area contributed by atoms with Crippen molar-refractivity contribution in [3.63, 3.8) is 0 Å². The van der Waals surface area contributed by atoms with Gasteiger partial charge in [0.1, 0.15) is 0 Å². The first-order valence-electron chi connectivity index (χ1n) is 7.43. The molecule has 1 aromatic heterocycles. The Morgan fingerprint density at radius 3 is 2.67 bits per heavy atom. The largest absolute Gasteiger partial charge is 0.376 e. The van der Waals surface area contributed by atoms with Crippen LogP contribution in [0.4, 0.5) is 0 Å². The molecule has 114 valence electrons. The van der Waals surface area contributed by atoms with E-state index in [9.17, 15) is 0 Å². The summed E-state index contributed by atoms with van der Waals surface area (Å²) in [6.45, 7) is 8.69. The summed E-state index contributed by atoms with van der Waals surface area (Å²) in [5.41, 5.74) is 5.62. The highest BCUT2D eigenvalue weighted by atomic mass is 32.1. The number of hydrogen-bond donors (Lipinski definition) is 1. The lowest BCUT2D eigenvalue weighted by molar-refractivity contribution is 0.123. The van der Waals surface area contributed by atoms with Gasteiger partial charge >= 0.3 is 0 Å². The van der Waals surface area contributed by atoms with E-state index in [1.54, 1.807) is 11.3 Å². The van der Waals surface area contributed by atoms with E-state index in [2.05, 4.69) is 55.3 Å². The summed E-state index contributed by atoms with van der Waals surface area (Å²) in [6, 6.07) is 8.97. The Labute approximate surface area is 131 Å². The SMILES string of the molecule is Cc1ncsc1CCOCc1ccccc1CNC(C)C. The molecule has 1 aromatic carbocycles. The van der Waals surface area contributed by atoms with Gasteiger partial charge in [0.05, 0.1) is 24.4 Å². The summed E-state index contributed by atoms with van der Waals surface area (Å²) in [5.74, 6) is 0. The van der Waals surface area contributed by atoms with Crippen LogP contribution in [0.15, 0.2) is 29.8 Å². The molecule has 0 saturated carbocycles. The third-order valence-corrected chi connectivity index (χ3v) is 4.39. The number of benzene rings is 1. The first kappa shape index (κ1) is 16.1. The van der Waals surface area contributed by atoms with Gasteiger partial charge < -0.3 is 10.1 Å². The summed E-state index contributed by atoms with van der Waals surface area (Å²) in [6.07, 6.45) is 0.947. The highest BCUT2D eigenvalue weighted by Gasteiger charge is 2.04. The second kappa shape index (κ2) is 8.27. The van der Waals surface area contributed by atoms with E-state index in [-0.39, 0.29) is 0 Å². The fourth-order valence-corrected chi connectivity index (χ4v) is 2.86. The molecular formula is C17H24N2OS. The number of aryl methyl sites for hydroxylation is 1. The number of rotatable bonds is 8. The lowest BCUT2D eigenvalue weighted by Gasteiger charge is -2.13. The molecule has 1 N–H and O–H groups in total. The number of hydrogen-bond acceptors (Lipinski definition) is 4. The lowest BCUT2D eigenvalue weighted by Crippen LogP contribution is -2.22. The Hall–Kier alpha value is -1.23. The molecule has 21 heavy (non-hydrogen) atoms. The third-order valence-electron chi connectivity index (χ3n) is 3.40. The maximum absolute atomic E-state index is 5.85. The maximum Gasteiger partial charge on any atom is 0.0797 e. The first-order valence-corrected chi connectivity index (χ1v) is 8.31. The van der Waals surface area contributed by atoms with E-state index in [0.29, 0.717) is 12.6 Å². The van der Waals surface area contributed by atoms with Crippen LogP contribution < -0.4 is 5.32 Å². The van der Waals surface area contributed by atoms with Crippen molar-refractivity contribution >= 4 is 11.3 Å². The second-order valence-corrected chi connectivity index (χ2v) is 6.41. The van der Waals surface area contributed by atoms with Gasteiger partial charge in [0.2, 0.25) is 0 Å². The zero-order chi connectivity index (χ0) is 15.1. The zero-order valence-electron chi connectivity index (χ0n) is 13.1. The summed E-state index contributed by atoms with van der Waals surface area (Å²) < 4.78 is 5.85. The predicted octanol–water partition coefficient (Wildman–Crippen LogP) is 3.71. The van der Waals surface area contributed by atoms with Crippen molar-refractivity contribution in [3.05, 3.63) is 51.5 Å². The van der Waals surface area contributed by atoms with Crippen molar-refractivity contribution in [1.82, 2.24) is 10.3 Å². The Bertz CT molecular complexity index is 551. The van der Waals surface area contributed by atoms with Gasteiger partial charge in [-0.2, -0.15) is 0 Å². The average Bonchev–Trinajstić information content (AvgIpc) is 2.88. The van der Waals surface area contributed by atoms with Crippen LogP contribution in [0.1, 0.15) is 35.5 Å². The number of thiazole rings is 1. The van der Waals surface area contributed by atoms with Gasteiger partial charge in [0.15, 0.2) is 0 Å². The summed E-state index contributed by atoms with van der Waals surface area (Å²) in [7, 11) is 0. The van der Waals surface area contributed by atoms with E-state index in [4.69, 9.17) is 4.74 Å². The van der Waals surface area contributed by atoms with Crippen molar-refractivity contribution in [2.45, 2.75) is 46.4 Å². The minimum Gasteiger partial charge on any atom is -0.376 e. The molecule has 2 aromatic rings. The molecule has 3 nitrogen and oxygen atoms in total. The molecule has 0 aliphatic heterocycles. The van der Waals surface area contributed by atoms with Crippen LogP contribution in [0, 0.1) is 6.92 Å². The molecule has 0 fully saturated rings. The summed E-state index contributed by atoms with van der Waals surface area (Å²) in [4.78, 5) is 5.59. The molecule has 0 radical (unpaired) electrons. The highest BCUT2D eigenvalue weighted by Crippen LogP contribution is 2.14. The highest BCUT2D eigenvalue weighted by molar-refractivity contribution is 7.09. The quantitative estimate of drug-likeness (QED) is 0.755. The van der Waals surface area contributed by atoms with Crippen LogP contribution in [-0.4, -0.2) is 17.6 Å². The Kier molecular flexibility index (Phi) is 6.36. The smallest absolute Gasteiger partial charge is 0.0797 e. The normalized spacial score (nSPS) is 11.2. The van der Waals surface area contributed by atoms with Gasteiger partial charge in [-0.05, 0) is 18.1 Å². The number of nitrogens with zero attached hydrogens (tertiary/aromatic N) is 1. The molecule has 0 aliphatic rings. The van der Waals surface area contributed by atoms with Crippen molar-refractivity contribution in [1.29, 1.82) is 0 Å². The third kappa shape index (κ3) is 5.23. The average molecular weight is 304 g/mol. The lowest BCUT2D eigenvalue weighted by atomic mass is 10.1. The van der Waals surface area contributed by atoms with Crippen LogP contribution in [0.2, 0.25) is 0 Å². The van der Waals surface area contributed by atoms with Gasteiger partial charge in [-0.3, -0.25) is 0 Å². The van der Waals surface area contributed by atoms with Crippen molar-refractivity contribution in [2.24, 2.45) is 0 Å². The van der Waals surface area contributed by atoms with Gasteiger partial charge in [-0.15, -0.1) is 11.3 Å². The topological polar surface area (TPSA) is 34.1 Å². The molecule has 2 rings (SSSR count). The molecule has 0 saturated heterocycles. The molecule has 0 atom stereocenters. The standard InChI is InChI=1S/C17H24N2OS/c1-13(2)18-10-15-6-4-5-7-16(15)11-20-9-8-17-14(3)19-12-21-17/h4-7,12-13,18H,8-11H2,1-3H3. The fourth-order valence-electron chi connectivity index (χ4n) is 2.10. The van der Waals surface area contributed by atoms with Crippen LogP contribution in [0.5, 0.6) is 0 Å². The molecule has 0 unspecified atom stereocenters. The Balaban J connectivity index is 1.81. The minimum absolute atomic E-state index is 0.494. The van der Waals surface area contributed by atoms with Crippen molar-refractivity contribution in [2.75, 3.05) is 6.61 Å². The molecule has 4 heteroatoms. The van der Waals surface area contributed by atoms with Gasteiger partial charge in [-0.25, -0.2) is 4.98 Å². The fraction of sp³-hybridized carbons (Fsp3) is 0.471. The molecule has 0 bridgehead atoms. The second-order valence-electron chi connectivity index (χ2n) is 5.47. The Morgan fingerprint density at radius 2 is 2.00 bits per heavy atom. The molecule has 1 heterocycles. The van der Waals surface area contributed by atoms with Crippen LogP contribution in [-0.2, 0) is 24.3 Å². The van der Waals surface area contributed by atoms with Gasteiger partial charge in [0, 0.05) is 23.9 Å². The number of ether oxygens (including phenoxy) is 1. The van der Waals surface area contributed by atoms with E-state index in [0.717, 1.165) is 25.3 Å². The van der Waals surface area contributed by atoms with E-state index in [1.165, 1.54) is 16.0 Å². The minimum atomic E-state index is 0.494. The van der Waals surface area contributed by atoms with Crippen LogP contribution in [0.25, 0.3) is 0 Å². The molecule has 0 spiro atoms. The summed E-state index contributed by atoms with van der Waals surface area (Å²) >= 11 is 1.71. The summed E-state index contributed by atoms with van der Waals surface area (Å²) in [5, 5.41) is 3.46. The van der Waals surface area contributed by atoms with Crippen molar-refractivity contribution < 1.29 is 4.74 Å². The van der Waals surface area contributed by atoms with E-state index in [1.807, 2.05) is 5.51 Å². The van der Waals surface area contributed by atoms with Crippen LogP contribution >= 0.6 is 11.3 Å². The van der Waals surface area contributed by atoms with Crippen molar-refractivity contribution in [3.8, 4) is 0 Å². The molecule has 0 amide bonds. The first-order chi connectivity index (χ1) is 10.2. The number of aromatic nitrogens is 1. The van der Waals surface area contributed by atoms with Gasteiger partial charge in [0.25, 0.3) is 0 Å². The van der Waals surface area contributed by atoms with E-state index < -0.39 is 0 Å². The zero-order valence-corrected chi connectivity index (χ0v) is 13.9. The number of nitrogens with one attached hydrogen (secondary N) is 1. The van der Waals surface area contributed by atoms with Crippen LogP contribution in [0.3, 0.4) is 0 Å². The monoisotopic (exact) mass is 304 g/mol. The Morgan fingerprint density at radius 1 is 1.24 bits per heavy atom. The van der Waals surface area contributed by atoms with Gasteiger partial charge in [-0.1, -0.05) is 38.1 Å². The molecular weight excluding hydrogens is 280 g/mol. The van der Waals surface area contributed by atoms with E-state index >= 15 is 0 Å². The molecule has 0 aliphatic carbocycles. The predicted molar refractivity (Wildman–Crippen MR) is 88.6 cm³/mol. The maximum atomic E-state index is 5.85.